The van der Waals surface area contributed by atoms with Crippen LogP contribution in [0.4, 0.5) is 0 Å². The maximum absolute atomic E-state index is 10.3. The zero-order valence-electron chi connectivity index (χ0n) is 12.8. The molecule has 0 heterocycles. The van der Waals surface area contributed by atoms with E-state index in [1.165, 1.54) is 32.2 Å². The van der Waals surface area contributed by atoms with Crippen LogP contribution in [0.2, 0.25) is 5.02 Å². The standard InChI is InChI=1S/C18H26ClNO/c1-20(12-16-10-13-5-6-14(16)9-13)8-7-18(21)15-3-2-4-17(19)11-15/h2-4,11,13-14,16,18,21H,5-10,12H2,1H3. The van der Waals surface area contributed by atoms with Crippen molar-refractivity contribution >= 4 is 11.6 Å². The van der Waals surface area contributed by atoms with Crippen LogP contribution < -0.4 is 0 Å². The van der Waals surface area contributed by atoms with Gasteiger partial charge in [-0.2, -0.15) is 0 Å². The molecule has 1 N–H and O–H groups in total. The van der Waals surface area contributed by atoms with E-state index in [1.54, 1.807) is 0 Å². The molecule has 1 aromatic rings. The molecule has 116 valence electrons. The number of benzene rings is 1. The van der Waals surface area contributed by atoms with Crippen molar-refractivity contribution < 1.29 is 5.11 Å². The second kappa shape index (κ2) is 6.68. The molecule has 2 saturated carbocycles. The Morgan fingerprint density at radius 1 is 1.33 bits per heavy atom. The Hall–Kier alpha value is -0.570. The molecule has 0 radical (unpaired) electrons. The molecule has 3 rings (SSSR count). The van der Waals surface area contributed by atoms with Crippen LogP contribution in [0.15, 0.2) is 24.3 Å². The Bertz CT molecular complexity index is 478. The van der Waals surface area contributed by atoms with E-state index in [9.17, 15) is 5.11 Å². The summed E-state index contributed by atoms with van der Waals surface area (Å²) in [7, 11) is 2.19. The van der Waals surface area contributed by atoms with Crippen LogP contribution in [0.25, 0.3) is 0 Å². The van der Waals surface area contributed by atoms with Gasteiger partial charge in [0.25, 0.3) is 0 Å². The SMILES string of the molecule is CN(CCC(O)c1cccc(Cl)c1)CC1CC2CCC1C2. The molecule has 0 spiro atoms. The monoisotopic (exact) mass is 307 g/mol. The topological polar surface area (TPSA) is 23.5 Å². The van der Waals surface area contributed by atoms with Gasteiger partial charge in [-0.25, -0.2) is 0 Å². The van der Waals surface area contributed by atoms with Crippen LogP contribution in [0.3, 0.4) is 0 Å². The fourth-order valence-electron chi connectivity index (χ4n) is 4.31. The maximum Gasteiger partial charge on any atom is 0.0802 e. The van der Waals surface area contributed by atoms with E-state index in [4.69, 9.17) is 11.6 Å². The van der Waals surface area contributed by atoms with Gasteiger partial charge >= 0.3 is 0 Å². The highest BCUT2D eigenvalue weighted by atomic mass is 35.5. The van der Waals surface area contributed by atoms with Crippen molar-refractivity contribution in [1.29, 1.82) is 0 Å². The van der Waals surface area contributed by atoms with Gasteiger partial charge in [0.1, 0.15) is 0 Å². The molecular weight excluding hydrogens is 282 g/mol. The minimum atomic E-state index is -0.411. The van der Waals surface area contributed by atoms with Crippen molar-refractivity contribution in [3.63, 3.8) is 0 Å². The average Bonchev–Trinajstić information content (AvgIpc) is 3.07. The molecule has 2 nitrogen and oxygen atoms in total. The molecule has 2 aliphatic rings. The molecule has 0 saturated heterocycles. The summed E-state index contributed by atoms with van der Waals surface area (Å²) in [5, 5.41) is 11.0. The first-order chi connectivity index (χ1) is 10.1. The Kier molecular flexibility index (Phi) is 4.88. The first-order valence-corrected chi connectivity index (χ1v) is 8.61. The van der Waals surface area contributed by atoms with Crippen LogP contribution in [-0.4, -0.2) is 30.1 Å². The Balaban J connectivity index is 1.44. The third kappa shape index (κ3) is 3.80. The second-order valence-corrected chi connectivity index (χ2v) is 7.49. The number of aliphatic hydroxyl groups is 1. The lowest BCUT2D eigenvalue weighted by Gasteiger charge is -2.27. The van der Waals surface area contributed by atoms with Gasteiger partial charge in [-0.05, 0) is 68.2 Å². The van der Waals surface area contributed by atoms with E-state index in [-0.39, 0.29) is 0 Å². The van der Waals surface area contributed by atoms with Crippen molar-refractivity contribution in [3.05, 3.63) is 34.9 Å². The predicted molar refractivity (Wildman–Crippen MR) is 87.5 cm³/mol. The van der Waals surface area contributed by atoms with Gasteiger partial charge < -0.3 is 10.0 Å². The van der Waals surface area contributed by atoms with Crippen molar-refractivity contribution in [2.45, 2.75) is 38.2 Å². The first-order valence-electron chi connectivity index (χ1n) is 8.24. The number of hydrogen-bond donors (Lipinski definition) is 1. The van der Waals surface area contributed by atoms with E-state index >= 15 is 0 Å². The molecule has 2 bridgehead atoms. The lowest BCUT2D eigenvalue weighted by molar-refractivity contribution is 0.138. The van der Waals surface area contributed by atoms with Gasteiger partial charge in [0.2, 0.25) is 0 Å². The Morgan fingerprint density at radius 2 is 2.19 bits per heavy atom. The number of fused-ring (bicyclic) bond motifs is 2. The number of halogens is 1. The quantitative estimate of drug-likeness (QED) is 0.854. The summed E-state index contributed by atoms with van der Waals surface area (Å²) < 4.78 is 0. The van der Waals surface area contributed by atoms with E-state index in [0.29, 0.717) is 5.02 Å². The molecule has 0 aromatic heterocycles. The highest BCUT2D eigenvalue weighted by molar-refractivity contribution is 6.30. The Morgan fingerprint density at radius 3 is 2.86 bits per heavy atom. The van der Waals surface area contributed by atoms with Crippen molar-refractivity contribution in [2.24, 2.45) is 17.8 Å². The van der Waals surface area contributed by atoms with Crippen LogP contribution in [-0.2, 0) is 0 Å². The van der Waals surface area contributed by atoms with Crippen molar-refractivity contribution in [1.82, 2.24) is 4.90 Å². The van der Waals surface area contributed by atoms with Crippen LogP contribution in [0, 0.1) is 17.8 Å². The minimum absolute atomic E-state index is 0.411. The minimum Gasteiger partial charge on any atom is -0.388 e. The third-order valence-corrected chi connectivity index (χ3v) is 5.68. The smallest absolute Gasteiger partial charge is 0.0802 e. The molecule has 0 aliphatic heterocycles. The molecule has 4 atom stereocenters. The third-order valence-electron chi connectivity index (χ3n) is 5.45. The van der Waals surface area contributed by atoms with Gasteiger partial charge in [-0.15, -0.1) is 0 Å². The molecular formula is C18H26ClNO. The van der Waals surface area contributed by atoms with Crippen LogP contribution in [0.5, 0.6) is 0 Å². The fourth-order valence-corrected chi connectivity index (χ4v) is 4.51. The normalized spacial score (nSPS) is 29.2. The predicted octanol–water partition coefficient (Wildman–Crippen LogP) is 4.13. The van der Waals surface area contributed by atoms with Gasteiger partial charge in [0.05, 0.1) is 6.10 Å². The maximum atomic E-state index is 10.3. The lowest BCUT2D eigenvalue weighted by atomic mass is 9.88. The first kappa shape index (κ1) is 15.3. The van der Waals surface area contributed by atoms with E-state index in [2.05, 4.69) is 11.9 Å². The van der Waals surface area contributed by atoms with E-state index in [0.717, 1.165) is 36.3 Å². The number of rotatable bonds is 6. The Labute approximate surface area is 133 Å². The van der Waals surface area contributed by atoms with Crippen molar-refractivity contribution in [2.75, 3.05) is 20.1 Å². The van der Waals surface area contributed by atoms with Gasteiger partial charge in [-0.1, -0.05) is 30.2 Å². The molecule has 2 aliphatic carbocycles. The summed E-state index contributed by atoms with van der Waals surface area (Å²) in [6.07, 6.45) is 6.20. The van der Waals surface area contributed by atoms with Crippen LogP contribution >= 0.6 is 11.6 Å². The molecule has 4 unspecified atom stereocenters. The largest absolute Gasteiger partial charge is 0.388 e. The number of aliphatic hydroxyl groups excluding tert-OH is 1. The average molecular weight is 308 g/mol. The fraction of sp³-hybridized carbons (Fsp3) is 0.667. The summed E-state index contributed by atoms with van der Waals surface area (Å²) in [6.45, 7) is 2.14. The number of hydrogen-bond acceptors (Lipinski definition) is 2. The zero-order valence-corrected chi connectivity index (χ0v) is 13.6. The molecule has 2 fully saturated rings. The summed E-state index contributed by atoms with van der Waals surface area (Å²) in [5.41, 5.74) is 0.927. The zero-order chi connectivity index (χ0) is 14.8. The van der Waals surface area contributed by atoms with E-state index < -0.39 is 6.10 Å². The molecule has 21 heavy (non-hydrogen) atoms. The number of nitrogens with zero attached hydrogens (tertiary/aromatic N) is 1. The van der Waals surface area contributed by atoms with Gasteiger partial charge in [0.15, 0.2) is 0 Å². The molecule has 3 heteroatoms. The molecule has 0 amide bonds. The summed E-state index contributed by atoms with van der Waals surface area (Å²) in [4.78, 5) is 2.40. The van der Waals surface area contributed by atoms with Gasteiger partial charge in [-0.3, -0.25) is 0 Å². The van der Waals surface area contributed by atoms with E-state index in [1.807, 2.05) is 24.3 Å². The van der Waals surface area contributed by atoms with Crippen LogP contribution in [0.1, 0.15) is 43.8 Å². The summed E-state index contributed by atoms with van der Waals surface area (Å²) in [6, 6.07) is 7.56. The second-order valence-electron chi connectivity index (χ2n) is 7.06. The highest BCUT2D eigenvalue weighted by Gasteiger charge is 2.39. The van der Waals surface area contributed by atoms with Crippen molar-refractivity contribution in [3.8, 4) is 0 Å². The summed E-state index contributed by atoms with van der Waals surface area (Å²) in [5.74, 6) is 2.90. The highest BCUT2D eigenvalue weighted by Crippen LogP contribution is 2.48. The lowest BCUT2D eigenvalue weighted by Crippen LogP contribution is -2.30. The summed E-state index contributed by atoms with van der Waals surface area (Å²) >= 11 is 5.98. The molecule has 1 aromatic carbocycles. The van der Waals surface area contributed by atoms with Gasteiger partial charge in [0, 0.05) is 18.1 Å².